The van der Waals surface area contributed by atoms with Crippen LogP contribution in [-0.2, 0) is 9.59 Å². The lowest BCUT2D eigenvalue weighted by molar-refractivity contribution is -0.144. The quantitative estimate of drug-likeness (QED) is 0.796. The summed E-state index contributed by atoms with van der Waals surface area (Å²) in [6.45, 7) is 2.99. The second-order valence-electron chi connectivity index (χ2n) is 8.38. The van der Waals surface area contributed by atoms with Crippen LogP contribution in [-0.4, -0.2) is 54.4 Å². The molecule has 0 unspecified atom stereocenters. The summed E-state index contributed by atoms with van der Waals surface area (Å²) in [5, 5.41) is 0. The van der Waals surface area contributed by atoms with Crippen molar-refractivity contribution in [3.05, 3.63) is 30.1 Å². The number of likely N-dealkylation sites (tertiary alicyclic amines) is 2. The van der Waals surface area contributed by atoms with Gasteiger partial charge in [0.2, 0.25) is 5.91 Å². The van der Waals surface area contributed by atoms with Crippen LogP contribution in [0.3, 0.4) is 0 Å². The number of ether oxygens (including phenoxy) is 1. The molecule has 2 amide bonds. The SMILES string of the molecule is O=C(COc1cccc(F)c1)N1CCC[C@@]2(CCC(=O)N(CC3CC3)C2)C1. The zero-order valence-electron chi connectivity index (χ0n) is 15.7. The molecule has 1 aromatic carbocycles. The minimum Gasteiger partial charge on any atom is -0.484 e. The van der Waals surface area contributed by atoms with E-state index in [1.807, 2.05) is 9.80 Å². The predicted molar refractivity (Wildman–Crippen MR) is 98.7 cm³/mol. The molecule has 5 nitrogen and oxygen atoms in total. The first-order valence-corrected chi connectivity index (χ1v) is 9.97. The molecule has 1 aromatic rings. The number of carbonyl (C=O) groups excluding carboxylic acids is 2. The molecule has 4 rings (SSSR count). The number of piperidine rings is 2. The van der Waals surface area contributed by atoms with Crippen molar-refractivity contribution in [2.45, 2.75) is 38.5 Å². The van der Waals surface area contributed by atoms with Crippen LogP contribution < -0.4 is 4.74 Å². The minimum atomic E-state index is -0.375. The molecule has 2 heterocycles. The standard InChI is InChI=1S/C21H27FN2O3/c22-17-3-1-4-18(11-17)27-13-20(26)23-10-2-8-21(14-23)9-7-19(25)24(15-21)12-16-5-6-16/h1,3-4,11,16H,2,5-10,12-15H2/t21-/m1/s1. The molecular weight excluding hydrogens is 347 g/mol. The Morgan fingerprint density at radius 1 is 1.26 bits per heavy atom. The van der Waals surface area contributed by atoms with Crippen molar-refractivity contribution in [3.8, 4) is 5.75 Å². The summed E-state index contributed by atoms with van der Waals surface area (Å²) in [6.07, 6.45) is 5.95. The van der Waals surface area contributed by atoms with E-state index in [1.165, 1.54) is 25.0 Å². The molecular formula is C21H27FN2O3. The van der Waals surface area contributed by atoms with Gasteiger partial charge in [0, 0.05) is 44.1 Å². The van der Waals surface area contributed by atoms with E-state index in [4.69, 9.17) is 4.74 Å². The summed E-state index contributed by atoms with van der Waals surface area (Å²) in [5.74, 6) is 0.882. The maximum absolute atomic E-state index is 13.2. The van der Waals surface area contributed by atoms with E-state index in [2.05, 4.69) is 0 Å². The van der Waals surface area contributed by atoms with Crippen molar-refractivity contribution in [3.63, 3.8) is 0 Å². The second-order valence-corrected chi connectivity index (χ2v) is 8.38. The van der Waals surface area contributed by atoms with Crippen LogP contribution in [0.25, 0.3) is 0 Å². The molecule has 1 aliphatic carbocycles. The summed E-state index contributed by atoms with van der Waals surface area (Å²) in [5.41, 5.74) is 0.0234. The van der Waals surface area contributed by atoms with Crippen molar-refractivity contribution < 1.29 is 18.7 Å². The Kier molecular flexibility index (Phi) is 5.06. The van der Waals surface area contributed by atoms with Gasteiger partial charge in [-0.25, -0.2) is 4.39 Å². The molecule has 1 atom stereocenters. The van der Waals surface area contributed by atoms with Crippen molar-refractivity contribution in [1.29, 1.82) is 0 Å². The molecule has 6 heteroatoms. The van der Waals surface area contributed by atoms with E-state index in [0.29, 0.717) is 24.6 Å². The summed E-state index contributed by atoms with van der Waals surface area (Å²) in [4.78, 5) is 28.8. The van der Waals surface area contributed by atoms with Gasteiger partial charge in [0.15, 0.2) is 6.61 Å². The lowest BCUT2D eigenvalue weighted by Gasteiger charge is -2.48. The molecule has 0 N–H and O–H groups in total. The average Bonchev–Trinajstić information content (AvgIpc) is 3.47. The lowest BCUT2D eigenvalue weighted by Crippen LogP contribution is -2.55. The van der Waals surface area contributed by atoms with E-state index < -0.39 is 0 Å². The third-order valence-electron chi connectivity index (χ3n) is 6.10. The number of hydrogen-bond acceptors (Lipinski definition) is 3. The Hall–Kier alpha value is -2.11. The molecule has 27 heavy (non-hydrogen) atoms. The van der Waals surface area contributed by atoms with Gasteiger partial charge in [-0.15, -0.1) is 0 Å². The summed E-state index contributed by atoms with van der Waals surface area (Å²) in [6, 6.07) is 5.85. The fourth-order valence-corrected chi connectivity index (χ4v) is 4.43. The monoisotopic (exact) mass is 374 g/mol. The summed E-state index contributed by atoms with van der Waals surface area (Å²) in [7, 11) is 0. The fourth-order valence-electron chi connectivity index (χ4n) is 4.43. The Balaban J connectivity index is 1.35. The van der Waals surface area contributed by atoms with E-state index in [1.54, 1.807) is 12.1 Å². The van der Waals surface area contributed by atoms with Gasteiger partial charge in [0.1, 0.15) is 11.6 Å². The molecule has 2 saturated heterocycles. The molecule has 1 saturated carbocycles. The predicted octanol–water partition coefficient (Wildman–Crippen LogP) is 2.85. The Morgan fingerprint density at radius 3 is 2.89 bits per heavy atom. The number of halogens is 1. The molecule has 3 aliphatic rings. The van der Waals surface area contributed by atoms with E-state index in [-0.39, 0.29) is 29.7 Å². The maximum Gasteiger partial charge on any atom is 0.260 e. The number of hydrogen-bond donors (Lipinski definition) is 0. The molecule has 0 bridgehead atoms. The molecule has 3 fully saturated rings. The third kappa shape index (κ3) is 4.42. The smallest absolute Gasteiger partial charge is 0.260 e. The second kappa shape index (κ2) is 7.49. The number of rotatable bonds is 5. The van der Waals surface area contributed by atoms with Gasteiger partial charge in [-0.3, -0.25) is 9.59 Å². The van der Waals surface area contributed by atoms with E-state index in [0.717, 1.165) is 38.9 Å². The van der Waals surface area contributed by atoms with Crippen LogP contribution in [0.4, 0.5) is 4.39 Å². The van der Waals surface area contributed by atoms with Crippen molar-refractivity contribution in [1.82, 2.24) is 9.80 Å². The number of carbonyl (C=O) groups is 2. The highest BCUT2D eigenvalue weighted by molar-refractivity contribution is 5.79. The molecule has 0 radical (unpaired) electrons. The normalized spacial score (nSPS) is 25.7. The number of benzene rings is 1. The molecule has 1 spiro atoms. The average molecular weight is 374 g/mol. The summed E-state index contributed by atoms with van der Waals surface area (Å²) >= 11 is 0. The summed E-state index contributed by atoms with van der Waals surface area (Å²) < 4.78 is 18.7. The first-order chi connectivity index (χ1) is 13.0. The zero-order valence-corrected chi connectivity index (χ0v) is 15.7. The number of nitrogens with zero attached hydrogens (tertiary/aromatic N) is 2. The molecule has 146 valence electrons. The van der Waals surface area contributed by atoms with Gasteiger partial charge in [0.25, 0.3) is 5.91 Å². The zero-order chi connectivity index (χ0) is 18.9. The fraction of sp³-hybridized carbons (Fsp3) is 0.619. The van der Waals surface area contributed by atoms with E-state index >= 15 is 0 Å². The number of amides is 2. The molecule has 0 aromatic heterocycles. The van der Waals surface area contributed by atoms with Crippen LogP contribution in [0.5, 0.6) is 5.75 Å². The van der Waals surface area contributed by atoms with Crippen LogP contribution in [0.2, 0.25) is 0 Å². The highest BCUT2D eigenvalue weighted by Gasteiger charge is 2.43. The van der Waals surface area contributed by atoms with Gasteiger partial charge >= 0.3 is 0 Å². The van der Waals surface area contributed by atoms with Crippen LogP contribution in [0.15, 0.2) is 24.3 Å². The Labute approximate surface area is 159 Å². The Morgan fingerprint density at radius 2 is 2.11 bits per heavy atom. The van der Waals surface area contributed by atoms with E-state index in [9.17, 15) is 14.0 Å². The van der Waals surface area contributed by atoms with Crippen LogP contribution >= 0.6 is 0 Å². The van der Waals surface area contributed by atoms with Gasteiger partial charge < -0.3 is 14.5 Å². The topological polar surface area (TPSA) is 49.9 Å². The highest BCUT2D eigenvalue weighted by atomic mass is 19.1. The molecule has 2 aliphatic heterocycles. The van der Waals surface area contributed by atoms with Gasteiger partial charge in [0.05, 0.1) is 0 Å². The van der Waals surface area contributed by atoms with Crippen LogP contribution in [0.1, 0.15) is 38.5 Å². The minimum absolute atomic E-state index is 0.0234. The first kappa shape index (κ1) is 18.3. The van der Waals surface area contributed by atoms with Crippen molar-refractivity contribution >= 4 is 11.8 Å². The third-order valence-corrected chi connectivity index (χ3v) is 6.10. The lowest BCUT2D eigenvalue weighted by atomic mass is 9.73. The largest absolute Gasteiger partial charge is 0.484 e. The van der Waals surface area contributed by atoms with Gasteiger partial charge in [-0.1, -0.05) is 6.07 Å². The van der Waals surface area contributed by atoms with Gasteiger partial charge in [-0.05, 0) is 50.2 Å². The van der Waals surface area contributed by atoms with Crippen LogP contribution in [0, 0.1) is 17.2 Å². The Bertz CT molecular complexity index is 721. The van der Waals surface area contributed by atoms with Crippen molar-refractivity contribution in [2.24, 2.45) is 11.3 Å². The highest BCUT2D eigenvalue weighted by Crippen LogP contribution is 2.40. The van der Waals surface area contributed by atoms with Gasteiger partial charge in [-0.2, -0.15) is 0 Å². The van der Waals surface area contributed by atoms with Crippen molar-refractivity contribution in [2.75, 3.05) is 32.8 Å². The first-order valence-electron chi connectivity index (χ1n) is 9.97. The maximum atomic E-state index is 13.2.